The molecule has 0 amide bonds. The van der Waals surface area contributed by atoms with Crippen LogP contribution in [0.4, 0.5) is 0 Å². The molecule has 0 aromatic heterocycles. The SMILES string of the molecule is CS(=O)(=O)[C@H]1CC[C@H](C#N)C1. The zero-order valence-corrected chi connectivity index (χ0v) is 7.26. The average molecular weight is 173 g/mol. The van der Waals surface area contributed by atoms with Gasteiger partial charge in [-0.3, -0.25) is 0 Å². The number of hydrogen-bond acceptors (Lipinski definition) is 3. The summed E-state index contributed by atoms with van der Waals surface area (Å²) < 4.78 is 22.0. The molecule has 1 aliphatic rings. The lowest BCUT2D eigenvalue weighted by molar-refractivity contribution is 0.584. The van der Waals surface area contributed by atoms with Crippen molar-refractivity contribution in [2.24, 2.45) is 5.92 Å². The van der Waals surface area contributed by atoms with Crippen molar-refractivity contribution in [2.45, 2.75) is 24.5 Å². The molecule has 0 aromatic rings. The molecule has 0 unspecified atom stereocenters. The van der Waals surface area contributed by atoms with Crippen molar-refractivity contribution in [1.29, 1.82) is 5.26 Å². The second kappa shape index (κ2) is 2.82. The molecule has 0 saturated heterocycles. The summed E-state index contributed by atoms with van der Waals surface area (Å²) in [5, 5.41) is 8.25. The molecule has 1 rings (SSSR count). The Morgan fingerprint density at radius 2 is 2.09 bits per heavy atom. The molecule has 2 atom stereocenters. The fraction of sp³-hybridized carbons (Fsp3) is 0.857. The third kappa shape index (κ3) is 1.93. The van der Waals surface area contributed by atoms with Gasteiger partial charge in [0.2, 0.25) is 0 Å². The Kier molecular flexibility index (Phi) is 2.19. The van der Waals surface area contributed by atoms with Gasteiger partial charge in [0.1, 0.15) is 9.84 Å². The van der Waals surface area contributed by atoms with Crippen LogP contribution in [0.3, 0.4) is 0 Å². The molecular formula is C7H11NO2S. The lowest BCUT2D eigenvalue weighted by Crippen LogP contribution is -2.15. The predicted molar refractivity (Wildman–Crippen MR) is 41.6 cm³/mol. The summed E-state index contributed by atoms with van der Waals surface area (Å²) in [6.07, 6.45) is 3.19. The average Bonchev–Trinajstić information content (AvgIpc) is 2.32. The standard InChI is InChI=1S/C7H11NO2S/c1-11(9,10)7-3-2-6(4-7)5-8/h6-7H,2-4H2,1H3/t6-,7-/m0/s1. The maximum absolute atomic E-state index is 11.0. The van der Waals surface area contributed by atoms with Crippen LogP contribution in [0.5, 0.6) is 0 Å². The molecule has 0 bridgehead atoms. The van der Waals surface area contributed by atoms with Gasteiger partial charge in [-0.1, -0.05) is 0 Å². The minimum Gasteiger partial charge on any atom is -0.229 e. The topological polar surface area (TPSA) is 57.9 Å². The molecule has 0 aliphatic heterocycles. The molecule has 0 heterocycles. The summed E-state index contributed by atoms with van der Waals surface area (Å²) in [5.74, 6) is -0.0327. The van der Waals surface area contributed by atoms with Gasteiger partial charge in [0.25, 0.3) is 0 Å². The molecule has 1 saturated carbocycles. The van der Waals surface area contributed by atoms with E-state index in [0.29, 0.717) is 12.8 Å². The molecule has 1 aliphatic carbocycles. The van der Waals surface area contributed by atoms with E-state index in [-0.39, 0.29) is 11.2 Å². The van der Waals surface area contributed by atoms with E-state index in [9.17, 15) is 8.42 Å². The molecule has 62 valence electrons. The summed E-state index contributed by atoms with van der Waals surface area (Å²) >= 11 is 0. The molecule has 0 spiro atoms. The van der Waals surface area contributed by atoms with Crippen molar-refractivity contribution < 1.29 is 8.42 Å². The highest BCUT2D eigenvalue weighted by Crippen LogP contribution is 2.29. The fourth-order valence-corrected chi connectivity index (χ4v) is 2.59. The van der Waals surface area contributed by atoms with Gasteiger partial charge in [-0.05, 0) is 19.3 Å². The Morgan fingerprint density at radius 1 is 1.45 bits per heavy atom. The number of nitrogens with zero attached hydrogens (tertiary/aromatic N) is 1. The number of sulfone groups is 1. The van der Waals surface area contributed by atoms with Crippen LogP contribution in [0.15, 0.2) is 0 Å². The van der Waals surface area contributed by atoms with E-state index < -0.39 is 9.84 Å². The van der Waals surface area contributed by atoms with Crippen molar-refractivity contribution in [3.63, 3.8) is 0 Å². The van der Waals surface area contributed by atoms with Crippen LogP contribution in [0.25, 0.3) is 0 Å². The molecule has 0 radical (unpaired) electrons. The van der Waals surface area contributed by atoms with Gasteiger partial charge in [-0.25, -0.2) is 8.42 Å². The summed E-state index contributed by atoms with van der Waals surface area (Å²) in [5.41, 5.74) is 0. The van der Waals surface area contributed by atoms with E-state index >= 15 is 0 Å². The third-order valence-electron chi connectivity index (χ3n) is 2.17. The Bertz CT molecular complexity index is 275. The molecule has 3 nitrogen and oxygen atoms in total. The normalized spacial score (nSPS) is 31.6. The quantitative estimate of drug-likeness (QED) is 0.587. The molecule has 4 heteroatoms. The smallest absolute Gasteiger partial charge is 0.150 e. The summed E-state index contributed by atoms with van der Waals surface area (Å²) in [7, 11) is -2.90. The first-order valence-corrected chi connectivity index (χ1v) is 5.58. The van der Waals surface area contributed by atoms with Crippen LogP contribution in [0, 0.1) is 17.2 Å². The van der Waals surface area contributed by atoms with Crippen molar-refractivity contribution in [3.05, 3.63) is 0 Å². The molecule has 0 N–H and O–H groups in total. The van der Waals surface area contributed by atoms with E-state index in [1.165, 1.54) is 6.26 Å². The Labute approximate surface area is 66.9 Å². The highest BCUT2D eigenvalue weighted by molar-refractivity contribution is 7.91. The zero-order valence-electron chi connectivity index (χ0n) is 6.45. The van der Waals surface area contributed by atoms with Crippen LogP contribution < -0.4 is 0 Å². The largest absolute Gasteiger partial charge is 0.229 e. The Balaban J connectivity index is 2.64. The minimum absolute atomic E-state index is 0.0327. The summed E-state index contributed by atoms with van der Waals surface area (Å²) in [4.78, 5) is 0. The van der Waals surface area contributed by atoms with Crippen molar-refractivity contribution in [2.75, 3.05) is 6.26 Å². The van der Waals surface area contributed by atoms with Gasteiger partial charge in [0.05, 0.1) is 11.3 Å². The second-order valence-electron chi connectivity index (χ2n) is 3.09. The van der Waals surface area contributed by atoms with Gasteiger partial charge in [0.15, 0.2) is 0 Å². The van der Waals surface area contributed by atoms with Crippen molar-refractivity contribution >= 4 is 9.84 Å². The molecule has 1 fully saturated rings. The van der Waals surface area contributed by atoms with E-state index in [4.69, 9.17) is 5.26 Å². The van der Waals surface area contributed by atoms with E-state index in [2.05, 4.69) is 6.07 Å². The minimum atomic E-state index is -2.90. The van der Waals surface area contributed by atoms with E-state index in [0.717, 1.165) is 6.42 Å². The summed E-state index contributed by atoms with van der Waals surface area (Å²) in [6, 6.07) is 2.10. The van der Waals surface area contributed by atoms with Crippen molar-refractivity contribution in [1.82, 2.24) is 0 Å². The first-order chi connectivity index (χ1) is 5.04. The molecule has 11 heavy (non-hydrogen) atoms. The van der Waals surface area contributed by atoms with E-state index in [1.54, 1.807) is 0 Å². The first kappa shape index (κ1) is 8.54. The van der Waals surface area contributed by atoms with Gasteiger partial charge >= 0.3 is 0 Å². The highest BCUT2D eigenvalue weighted by atomic mass is 32.2. The maximum Gasteiger partial charge on any atom is 0.150 e. The van der Waals surface area contributed by atoms with Crippen LogP contribution in [-0.2, 0) is 9.84 Å². The number of rotatable bonds is 1. The van der Waals surface area contributed by atoms with E-state index in [1.807, 2.05) is 0 Å². The van der Waals surface area contributed by atoms with Crippen LogP contribution in [0.1, 0.15) is 19.3 Å². The maximum atomic E-state index is 11.0. The number of nitriles is 1. The first-order valence-electron chi connectivity index (χ1n) is 3.62. The zero-order chi connectivity index (χ0) is 8.48. The molecular weight excluding hydrogens is 162 g/mol. The van der Waals surface area contributed by atoms with Gasteiger partial charge < -0.3 is 0 Å². The van der Waals surface area contributed by atoms with Crippen LogP contribution >= 0.6 is 0 Å². The highest BCUT2D eigenvalue weighted by Gasteiger charge is 2.31. The molecule has 0 aromatic carbocycles. The third-order valence-corrected chi connectivity index (χ3v) is 3.81. The Morgan fingerprint density at radius 3 is 2.36 bits per heavy atom. The lowest BCUT2D eigenvalue weighted by atomic mass is 10.1. The van der Waals surface area contributed by atoms with Crippen molar-refractivity contribution in [3.8, 4) is 6.07 Å². The monoisotopic (exact) mass is 173 g/mol. The van der Waals surface area contributed by atoms with Gasteiger partial charge in [-0.2, -0.15) is 5.26 Å². The van der Waals surface area contributed by atoms with Crippen LogP contribution in [-0.4, -0.2) is 19.9 Å². The van der Waals surface area contributed by atoms with Gasteiger partial charge in [-0.15, -0.1) is 0 Å². The fourth-order valence-electron chi connectivity index (χ4n) is 1.45. The second-order valence-corrected chi connectivity index (χ2v) is 5.42. The number of hydrogen-bond donors (Lipinski definition) is 0. The predicted octanol–water partition coefficient (Wildman–Crippen LogP) is 0.723. The van der Waals surface area contributed by atoms with Gasteiger partial charge in [0, 0.05) is 12.2 Å². The van der Waals surface area contributed by atoms with Crippen LogP contribution in [0.2, 0.25) is 0 Å². The summed E-state index contributed by atoms with van der Waals surface area (Å²) in [6.45, 7) is 0. The Hall–Kier alpha value is -0.560. The lowest BCUT2D eigenvalue weighted by Gasteiger charge is -2.03.